The Kier molecular flexibility index (Phi) is 7.35. The van der Waals surface area contributed by atoms with Crippen LogP contribution in [-0.2, 0) is 4.79 Å². The molecular formula is C15H30N4OS. The molecule has 0 aliphatic heterocycles. The van der Waals surface area contributed by atoms with Crippen molar-refractivity contribution in [1.82, 2.24) is 16.0 Å². The fourth-order valence-electron chi connectivity index (χ4n) is 2.30. The van der Waals surface area contributed by atoms with Crippen LogP contribution in [0.4, 0.5) is 0 Å². The first kappa shape index (κ1) is 18.1. The summed E-state index contributed by atoms with van der Waals surface area (Å²) >= 11 is 1.95. The summed E-state index contributed by atoms with van der Waals surface area (Å²) in [5.74, 6) is 0.901. The minimum atomic E-state index is -0.337. The van der Waals surface area contributed by atoms with Crippen molar-refractivity contribution in [1.29, 1.82) is 0 Å². The van der Waals surface area contributed by atoms with Crippen molar-refractivity contribution in [3.63, 3.8) is 0 Å². The van der Waals surface area contributed by atoms with E-state index in [1.807, 2.05) is 32.5 Å². The van der Waals surface area contributed by atoms with E-state index in [0.717, 1.165) is 11.2 Å². The Morgan fingerprint density at radius 2 is 1.90 bits per heavy atom. The number of guanidine groups is 1. The normalized spacial score (nSPS) is 23.0. The van der Waals surface area contributed by atoms with Crippen LogP contribution in [0.25, 0.3) is 0 Å². The number of rotatable bonds is 5. The number of thioether (sulfide) groups is 1. The Morgan fingerprint density at radius 1 is 1.24 bits per heavy atom. The van der Waals surface area contributed by atoms with E-state index in [4.69, 9.17) is 0 Å². The summed E-state index contributed by atoms with van der Waals surface area (Å²) in [6, 6.07) is 0.512. The summed E-state index contributed by atoms with van der Waals surface area (Å²) in [4.78, 5) is 16.0. The molecule has 0 saturated heterocycles. The molecule has 5 nitrogen and oxygen atoms in total. The van der Waals surface area contributed by atoms with Gasteiger partial charge in [-0.3, -0.25) is 9.79 Å². The molecule has 1 fully saturated rings. The Hall–Kier alpha value is -0.910. The number of nitrogens with zero attached hydrogens (tertiary/aromatic N) is 1. The maximum Gasteiger partial charge on any atom is 0.225 e. The molecule has 2 atom stereocenters. The molecule has 0 radical (unpaired) electrons. The van der Waals surface area contributed by atoms with E-state index in [-0.39, 0.29) is 11.3 Å². The van der Waals surface area contributed by atoms with Crippen molar-refractivity contribution in [3.8, 4) is 0 Å². The van der Waals surface area contributed by atoms with Crippen LogP contribution >= 0.6 is 11.8 Å². The van der Waals surface area contributed by atoms with Crippen LogP contribution in [0.1, 0.15) is 40.0 Å². The molecule has 1 rings (SSSR count). The molecule has 0 heterocycles. The second kappa shape index (κ2) is 8.51. The minimum Gasteiger partial charge on any atom is -0.355 e. The van der Waals surface area contributed by atoms with Gasteiger partial charge in [-0.1, -0.05) is 20.8 Å². The second-order valence-electron chi connectivity index (χ2n) is 6.52. The van der Waals surface area contributed by atoms with Crippen LogP contribution in [0.3, 0.4) is 0 Å². The van der Waals surface area contributed by atoms with Crippen molar-refractivity contribution < 1.29 is 4.79 Å². The summed E-state index contributed by atoms with van der Waals surface area (Å²) in [6.45, 7) is 7.03. The van der Waals surface area contributed by atoms with Crippen molar-refractivity contribution in [3.05, 3.63) is 0 Å². The molecule has 6 heteroatoms. The first-order chi connectivity index (χ1) is 9.86. The van der Waals surface area contributed by atoms with E-state index in [0.29, 0.717) is 19.1 Å². The molecule has 2 unspecified atom stereocenters. The second-order valence-corrected chi connectivity index (χ2v) is 7.65. The van der Waals surface area contributed by atoms with Gasteiger partial charge >= 0.3 is 0 Å². The summed E-state index contributed by atoms with van der Waals surface area (Å²) in [6.07, 6.45) is 5.85. The Bertz CT molecular complexity index is 365. The molecule has 0 spiro atoms. The van der Waals surface area contributed by atoms with E-state index in [1.54, 1.807) is 7.05 Å². The smallest absolute Gasteiger partial charge is 0.225 e. The number of hydrogen-bond acceptors (Lipinski definition) is 3. The molecule has 0 aromatic rings. The van der Waals surface area contributed by atoms with Crippen LogP contribution in [0.5, 0.6) is 0 Å². The minimum absolute atomic E-state index is 0.0749. The zero-order chi connectivity index (χ0) is 15.9. The van der Waals surface area contributed by atoms with Gasteiger partial charge in [0.2, 0.25) is 5.91 Å². The van der Waals surface area contributed by atoms with Crippen LogP contribution in [-0.4, -0.2) is 49.6 Å². The molecule has 1 aliphatic carbocycles. The van der Waals surface area contributed by atoms with E-state index in [1.165, 1.54) is 19.3 Å². The van der Waals surface area contributed by atoms with Gasteiger partial charge in [-0.25, -0.2) is 0 Å². The van der Waals surface area contributed by atoms with E-state index >= 15 is 0 Å². The molecule has 0 aromatic carbocycles. The number of hydrogen-bond donors (Lipinski definition) is 3. The fourth-order valence-corrected chi connectivity index (χ4v) is 3.09. The Labute approximate surface area is 133 Å². The van der Waals surface area contributed by atoms with Crippen molar-refractivity contribution in [2.45, 2.75) is 51.3 Å². The Morgan fingerprint density at radius 3 is 2.43 bits per heavy atom. The topological polar surface area (TPSA) is 65.5 Å². The third kappa shape index (κ3) is 6.59. The van der Waals surface area contributed by atoms with Crippen molar-refractivity contribution >= 4 is 23.6 Å². The lowest BCUT2D eigenvalue weighted by atomic mass is 9.96. The van der Waals surface area contributed by atoms with Crippen LogP contribution in [0, 0.1) is 5.41 Å². The zero-order valence-corrected chi connectivity index (χ0v) is 14.8. The highest BCUT2D eigenvalue weighted by Crippen LogP contribution is 2.27. The number of carbonyl (C=O) groups is 1. The average Bonchev–Trinajstić information content (AvgIpc) is 2.88. The molecule has 21 heavy (non-hydrogen) atoms. The van der Waals surface area contributed by atoms with Gasteiger partial charge in [0.05, 0.1) is 0 Å². The van der Waals surface area contributed by atoms with Crippen molar-refractivity contribution in [2.75, 3.05) is 26.4 Å². The average molecular weight is 314 g/mol. The summed E-state index contributed by atoms with van der Waals surface area (Å²) in [5.41, 5.74) is -0.337. The molecule has 0 aromatic heterocycles. The maximum atomic E-state index is 11.7. The van der Waals surface area contributed by atoms with Crippen LogP contribution in [0.15, 0.2) is 4.99 Å². The molecule has 3 N–H and O–H groups in total. The van der Waals surface area contributed by atoms with Gasteiger partial charge in [0.1, 0.15) is 0 Å². The molecule has 1 saturated carbocycles. The lowest BCUT2D eigenvalue weighted by Crippen LogP contribution is -2.46. The van der Waals surface area contributed by atoms with Gasteiger partial charge in [-0.05, 0) is 25.5 Å². The first-order valence-electron chi connectivity index (χ1n) is 7.65. The van der Waals surface area contributed by atoms with Gasteiger partial charge in [-0.15, -0.1) is 0 Å². The molecule has 0 bridgehead atoms. The van der Waals surface area contributed by atoms with E-state index in [2.05, 4.69) is 27.2 Å². The van der Waals surface area contributed by atoms with Gasteiger partial charge in [0.25, 0.3) is 0 Å². The number of nitrogens with one attached hydrogen (secondary N) is 3. The highest BCUT2D eigenvalue weighted by Gasteiger charge is 2.24. The SMILES string of the molecule is CN=C(NCCNC(=O)C(C)(C)C)NC1CCC(SC)C1. The number of amides is 1. The van der Waals surface area contributed by atoms with Gasteiger partial charge in [0, 0.05) is 36.8 Å². The highest BCUT2D eigenvalue weighted by molar-refractivity contribution is 7.99. The van der Waals surface area contributed by atoms with Gasteiger partial charge in [-0.2, -0.15) is 11.8 Å². The van der Waals surface area contributed by atoms with Gasteiger partial charge < -0.3 is 16.0 Å². The molecule has 122 valence electrons. The third-order valence-electron chi connectivity index (χ3n) is 3.67. The number of carbonyl (C=O) groups excluding carboxylic acids is 1. The van der Waals surface area contributed by atoms with Crippen LogP contribution < -0.4 is 16.0 Å². The standard InChI is InChI=1S/C15H30N4OS/c1-15(2,3)13(20)17-8-9-18-14(16-4)19-11-6-7-12(10-11)21-5/h11-12H,6-10H2,1-5H3,(H,17,20)(H2,16,18,19). The van der Waals surface area contributed by atoms with Gasteiger partial charge in [0.15, 0.2) is 5.96 Å². The molecular weight excluding hydrogens is 284 g/mol. The Balaban J connectivity index is 2.22. The summed E-state index contributed by atoms with van der Waals surface area (Å²) in [5, 5.41) is 10.4. The quantitative estimate of drug-likeness (QED) is 0.410. The summed E-state index contributed by atoms with van der Waals surface area (Å²) < 4.78 is 0. The predicted octanol–water partition coefficient (Wildman–Crippen LogP) is 1.60. The largest absolute Gasteiger partial charge is 0.355 e. The lowest BCUT2D eigenvalue weighted by molar-refractivity contribution is -0.128. The molecule has 1 aliphatic rings. The third-order valence-corrected chi connectivity index (χ3v) is 4.76. The van der Waals surface area contributed by atoms with Crippen LogP contribution in [0.2, 0.25) is 0 Å². The number of aliphatic imine (C=N–C) groups is 1. The lowest BCUT2D eigenvalue weighted by Gasteiger charge is -2.19. The first-order valence-corrected chi connectivity index (χ1v) is 8.94. The predicted molar refractivity (Wildman–Crippen MR) is 91.9 cm³/mol. The van der Waals surface area contributed by atoms with Crippen molar-refractivity contribution in [2.24, 2.45) is 10.4 Å². The summed E-state index contributed by atoms with van der Waals surface area (Å²) in [7, 11) is 1.78. The van der Waals surface area contributed by atoms with E-state index < -0.39 is 0 Å². The van der Waals surface area contributed by atoms with E-state index in [9.17, 15) is 4.79 Å². The monoisotopic (exact) mass is 314 g/mol. The zero-order valence-electron chi connectivity index (χ0n) is 14.0. The highest BCUT2D eigenvalue weighted by atomic mass is 32.2. The maximum absolute atomic E-state index is 11.7. The molecule has 1 amide bonds. The fraction of sp³-hybridized carbons (Fsp3) is 0.867.